The minimum atomic E-state index is -4.63. The number of benzene rings is 2. The monoisotopic (exact) mass is 452 g/mol. The van der Waals surface area contributed by atoms with Gasteiger partial charge in [-0.15, -0.1) is 0 Å². The van der Waals surface area contributed by atoms with Crippen molar-refractivity contribution in [2.24, 2.45) is 0 Å². The van der Waals surface area contributed by atoms with Gasteiger partial charge in [-0.25, -0.2) is 0 Å². The van der Waals surface area contributed by atoms with E-state index in [-0.39, 0.29) is 11.1 Å². The Balaban J connectivity index is 2.16. The van der Waals surface area contributed by atoms with Gasteiger partial charge in [0.05, 0.1) is 16.0 Å². The zero-order chi connectivity index (χ0) is 20.4. The fourth-order valence-electron chi connectivity index (χ4n) is 2.27. The molecule has 1 atom stereocenters. The maximum atomic E-state index is 12.7. The molecule has 0 spiro atoms. The van der Waals surface area contributed by atoms with Crippen LogP contribution in [0, 0.1) is 0 Å². The summed E-state index contributed by atoms with van der Waals surface area (Å²) in [5, 5.41) is 0. The predicted octanol–water partition coefficient (Wildman–Crippen LogP) is 5.94. The normalized spacial score (nSPS) is 13.3. The number of Topliss-reactive ketones (excluding diaryl/α,β-unsaturated/α-hetero) is 2. The van der Waals surface area contributed by atoms with Crippen molar-refractivity contribution >= 4 is 27.5 Å². The molecular formula is C18H11BrF6O2. The Hall–Kier alpha value is -2.16. The van der Waals surface area contributed by atoms with Gasteiger partial charge in [0, 0.05) is 17.5 Å². The third-order valence-electron chi connectivity index (χ3n) is 3.64. The lowest BCUT2D eigenvalue weighted by molar-refractivity contribution is -0.138. The predicted molar refractivity (Wildman–Crippen MR) is 88.9 cm³/mol. The van der Waals surface area contributed by atoms with Gasteiger partial charge in [-0.05, 0) is 24.3 Å². The standard InChI is InChI=1S/C18H11BrF6O2/c19-14(16(27)11-4-2-6-13(8-11)18(23,24)25)9-15(26)10-3-1-5-12(7-10)17(20,21)22/h1-8,14H,9H2. The molecule has 0 aromatic heterocycles. The average molecular weight is 453 g/mol. The van der Waals surface area contributed by atoms with Crippen molar-refractivity contribution < 1.29 is 35.9 Å². The summed E-state index contributed by atoms with van der Waals surface area (Å²) in [5.74, 6) is -1.52. The van der Waals surface area contributed by atoms with Crippen molar-refractivity contribution in [2.45, 2.75) is 23.6 Å². The molecule has 0 N–H and O–H groups in total. The molecule has 27 heavy (non-hydrogen) atoms. The van der Waals surface area contributed by atoms with Crippen LogP contribution in [0.25, 0.3) is 0 Å². The van der Waals surface area contributed by atoms with Gasteiger partial charge >= 0.3 is 12.4 Å². The summed E-state index contributed by atoms with van der Waals surface area (Å²) in [6.07, 6.45) is -9.76. The maximum Gasteiger partial charge on any atom is 0.416 e. The molecule has 0 bridgehead atoms. The topological polar surface area (TPSA) is 34.1 Å². The van der Waals surface area contributed by atoms with Crippen molar-refractivity contribution in [2.75, 3.05) is 0 Å². The number of halogens is 7. The second-order valence-corrected chi connectivity index (χ2v) is 6.72. The van der Waals surface area contributed by atoms with E-state index >= 15 is 0 Å². The molecule has 144 valence electrons. The van der Waals surface area contributed by atoms with Crippen LogP contribution in [-0.4, -0.2) is 16.4 Å². The highest BCUT2D eigenvalue weighted by molar-refractivity contribution is 9.10. The third kappa shape index (κ3) is 5.41. The lowest BCUT2D eigenvalue weighted by Crippen LogP contribution is -2.19. The molecule has 1 unspecified atom stereocenters. The van der Waals surface area contributed by atoms with E-state index in [9.17, 15) is 35.9 Å². The molecule has 0 aliphatic heterocycles. The fraction of sp³-hybridized carbons (Fsp3) is 0.222. The number of rotatable bonds is 5. The van der Waals surface area contributed by atoms with Gasteiger partial charge in [0.15, 0.2) is 11.6 Å². The van der Waals surface area contributed by atoms with Crippen LogP contribution >= 0.6 is 15.9 Å². The molecule has 0 fully saturated rings. The van der Waals surface area contributed by atoms with Crippen LogP contribution in [0.5, 0.6) is 0 Å². The number of carbonyl (C=O) groups excluding carboxylic acids is 2. The number of hydrogen-bond acceptors (Lipinski definition) is 2. The average Bonchev–Trinajstić information content (AvgIpc) is 2.59. The van der Waals surface area contributed by atoms with E-state index < -0.39 is 46.3 Å². The molecule has 2 aromatic carbocycles. The number of hydrogen-bond donors (Lipinski definition) is 0. The first-order valence-electron chi connectivity index (χ1n) is 7.45. The van der Waals surface area contributed by atoms with Crippen LogP contribution in [0.1, 0.15) is 38.3 Å². The lowest BCUT2D eigenvalue weighted by Gasteiger charge is -2.12. The Morgan fingerprint density at radius 3 is 1.74 bits per heavy atom. The minimum Gasteiger partial charge on any atom is -0.294 e. The summed E-state index contributed by atoms with van der Waals surface area (Å²) in [5.41, 5.74) is -2.53. The van der Waals surface area contributed by atoms with Crippen LogP contribution in [0.15, 0.2) is 48.5 Å². The first-order valence-corrected chi connectivity index (χ1v) is 8.37. The summed E-state index contributed by atoms with van der Waals surface area (Å²) in [6, 6.07) is 7.39. The van der Waals surface area contributed by atoms with E-state index in [0.717, 1.165) is 24.3 Å². The second-order valence-electron chi connectivity index (χ2n) is 5.62. The molecule has 0 aliphatic carbocycles. The highest BCUT2D eigenvalue weighted by Crippen LogP contribution is 2.31. The third-order valence-corrected chi connectivity index (χ3v) is 4.37. The van der Waals surface area contributed by atoms with E-state index in [4.69, 9.17) is 0 Å². The minimum absolute atomic E-state index is 0.244. The Bertz CT molecular complexity index is 857. The molecule has 0 heterocycles. The molecule has 9 heteroatoms. The summed E-state index contributed by atoms with van der Waals surface area (Å²) in [4.78, 5) is 23.3. The SMILES string of the molecule is O=C(CC(Br)C(=O)c1cccc(C(F)(F)F)c1)c1cccc(C(F)(F)F)c1. The van der Waals surface area contributed by atoms with E-state index in [2.05, 4.69) is 15.9 Å². The highest BCUT2D eigenvalue weighted by atomic mass is 79.9. The van der Waals surface area contributed by atoms with E-state index in [1.807, 2.05) is 0 Å². The highest BCUT2D eigenvalue weighted by Gasteiger charge is 2.33. The molecule has 0 saturated heterocycles. The van der Waals surface area contributed by atoms with Crippen molar-refractivity contribution in [3.8, 4) is 0 Å². The van der Waals surface area contributed by atoms with Crippen molar-refractivity contribution in [3.63, 3.8) is 0 Å². The lowest BCUT2D eigenvalue weighted by atomic mass is 9.99. The smallest absolute Gasteiger partial charge is 0.294 e. The van der Waals surface area contributed by atoms with Crippen LogP contribution in [-0.2, 0) is 12.4 Å². The Labute approximate surface area is 158 Å². The van der Waals surface area contributed by atoms with Gasteiger partial charge in [0.1, 0.15) is 0 Å². The Kier molecular flexibility index (Phi) is 6.14. The summed E-state index contributed by atoms with van der Waals surface area (Å²) >= 11 is 2.94. The molecule has 0 radical (unpaired) electrons. The maximum absolute atomic E-state index is 12.7. The second kappa shape index (κ2) is 7.84. The molecular weight excluding hydrogens is 442 g/mol. The molecule has 2 aromatic rings. The van der Waals surface area contributed by atoms with Crippen LogP contribution in [0.4, 0.5) is 26.3 Å². The van der Waals surface area contributed by atoms with Gasteiger partial charge < -0.3 is 0 Å². The van der Waals surface area contributed by atoms with Gasteiger partial charge in [-0.2, -0.15) is 26.3 Å². The van der Waals surface area contributed by atoms with E-state index in [1.54, 1.807) is 0 Å². The molecule has 0 amide bonds. The Morgan fingerprint density at radius 1 is 0.815 bits per heavy atom. The molecule has 2 rings (SSSR count). The van der Waals surface area contributed by atoms with Crippen LogP contribution < -0.4 is 0 Å². The van der Waals surface area contributed by atoms with Crippen LogP contribution in [0.3, 0.4) is 0 Å². The van der Waals surface area contributed by atoms with E-state index in [1.165, 1.54) is 12.1 Å². The van der Waals surface area contributed by atoms with Crippen molar-refractivity contribution in [1.82, 2.24) is 0 Å². The van der Waals surface area contributed by atoms with E-state index in [0.29, 0.717) is 12.1 Å². The zero-order valence-corrected chi connectivity index (χ0v) is 15.0. The van der Waals surface area contributed by atoms with Gasteiger partial charge in [-0.1, -0.05) is 40.2 Å². The molecule has 2 nitrogen and oxygen atoms in total. The largest absolute Gasteiger partial charge is 0.416 e. The van der Waals surface area contributed by atoms with Crippen molar-refractivity contribution in [3.05, 3.63) is 70.8 Å². The zero-order valence-electron chi connectivity index (χ0n) is 13.4. The quantitative estimate of drug-likeness (QED) is 0.319. The Morgan fingerprint density at radius 2 is 1.26 bits per heavy atom. The summed E-state index contributed by atoms with van der Waals surface area (Å²) < 4.78 is 76.3. The molecule has 0 saturated carbocycles. The first-order chi connectivity index (χ1) is 12.4. The number of ketones is 2. The number of carbonyl (C=O) groups is 2. The van der Waals surface area contributed by atoms with Crippen molar-refractivity contribution in [1.29, 1.82) is 0 Å². The first kappa shape index (κ1) is 21.1. The molecule has 0 aliphatic rings. The summed E-state index contributed by atoms with van der Waals surface area (Å²) in [6.45, 7) is 0. The van der Waals surface area contributed by atoms with Gasteiger partial charge in [0.25, 0.3) is 0 Å². The number of alkyl halides is 7. The van der Waals surface area contributed by atoms with Crippen LogP contribution in [0.2, 0.25) is 0 Å². The fourth-order valence-corrected chi connectivity index (χ4v) is 2.83. The van der Waals surface area contributed by atoms with Gasteiger partial charge in [0.2, 0.25) is 0 Å². The van der Waals surface area contributed by atoms with Gasteiger partial charge in [-0.3, -0.25) is 9.59 Å². The summed E-state index contributed by atoms with van der Waals surface area (Å²) in [7, 11) is 0.